The average molecular weight is 502 g/mol. The van der Waals surface area contributed by atoms with Gasteiger partial charge in [0.25, 0.3) is 5.91 Å². The Morgan fingerprint density at radius 2 is 1.53 bits per heavy atom. The lowest BCUT2D eigenvalue weighted by Gasteiger charge is -2.25. The Balaban J connectivity index is 1.47. The monoisotopic (exact) mass is 501 g/mol. The van der Waals surface area contributed by atoms with Crippen molar-refractivity contribution in [3.05, 3.63) is 146 Å². The highest BCUT2D eigenvalue weighted by atomic mass is 16.5. The smallest absolute Gasteiger partial charge is 0.291 e. The van der Waals surface area contributed by atoms with E-state index in [1.165, 1.54) is 0 Å². The fraction of sp³-hybridized carbons (Fsp3) is 0.152. The summed E-state index contributed by atoms with van der Waals surface area (Å²) in [5, 5.41) is 0.519. The van der Waals surface area contributed by atoms with Crippen LogP contribution in [0.4, 0.5) is 0 Å². The first kappa shape index (κ1) is 23.7. The number of amides is 1. The van der Waals surface area contributed by atoms with Crippen molar-refractivity contribution in [1.29, 1.82) is 0 Å². The van der Waals surface area contributed by atoms with E-state index in [1.54, 1.807) is 4.90 Å². The zero-order valence-corrected chi connectivity index (χ0v) is 21.3. The Hall–Kier alpha value is -4.64. The molecule has 0 N–H and O–H groups in total. The van der Waals surface area contributed by atoms with E-state index in [2.05, 4.69) is 0 Å². The number of hydrogen-bond donors (Lipinski definition) is 0. The average Bonchev–Trinajstić information content (AvgIpc) is 3.20. The number of rotatable bonds is 6. The van der Waals surface area contributed by atoms with Crippen molar-refractivity contribution in [3.63, 3.8) is 0 Å². The van der Waals surface area contributed by atoms with Crippen LogP contribution in [-0.4, -0.2) is 10.8 Å². The van der Waals surface area contributed by atoms with Crippen molar-refractivity contribution in [1.82, 2.24) is 4.90 Å². The van der Waals surface area contributed by atoms with Crippen LogP contribution in [0.5, 0.6) is 5.75 Å². The molecule has 5 heteroatoms. The van der Waals surface area contributed by atoms with Crippen LogP contribution < -0.4 is 10.2 Å². The van der Waals surface area contributed by atoms with Crippen molar-refractivity contribution in [2.75, 3.05) is 0 Å². The Kier molecular flexibility index (Phi) is 6.04. The minimum absolute atomic E-state index is 0.115. The van der Waals surface area contributed by atoms with Crippen LogP contribution in [0.1, 0.15) is 50.0 Å². The molecule has 4 aromatic carbocycles. The van der Waals surface area contributed by atoms with Crippen molar-refractivity contribution in [3.8, 4) is 5.75 Å². The van der Waals surface area contributed by atoms with E-state index in [4.69, 9.17) is 9.15 Å². The summed E-state index contributed by atoms with van der Waals surface area (Å²) in [5.74, 6) is 0.496. The van der Waals surface area contributed by atoms with Crippen LogP contribution >= 0.6 is 0 Å². The molecule has 1 atom stereocenters. The summed E-state index contributed by atoms with van der Waals surface area (Å²) in [6.45, 7) is 4.62. The summed E-state index contributed by atoms with van der Waals surface area (Å²) in [6, 6.07) is 30.6. The number of benzene rings is 4. The van der Waals surface area contributed by atoms with Gasteiger partial charge in [0.2, 0.25) is 5.76 Å². The molecule has 1 aliphatic heterocycles. The van der Waals surface area contributed by atoms with Gasteiger partial charge < -0.3 is 14.1 Å². The van der Waals surface area contributed by atoms with Gasteiger partial charge in [0, 0.05) is 6.54 Å². The first-order chi connectivity index (χ1) is 18.5. The van der Waals surface area contributed by atoms with Gasteiger partial charge in [-0.3, -0.25) is 9.59 Å². The third-order valence-electron chi connectivity index (χ3n) is 7.03. The third kappa shape index (κ3) is 4.26. The first-order valence-corrected chi connectivity index (χ1v) is 12.7. The molecule has 1 amide bonds. The molecule has 0 saturated carbocycles. The van der Waals surface area contributed by atoms with Gasteiger partial charge in [0.05, 0.1) is 17.0 Å². The van der Waals surface area contributed by atoms with Gasteiger partial charge in [-0.05, 0) is 59.9 Å². The molecule has 0 aliphatic carbocycles. The van der Waals surface area contributed by atoms with Crippen LogP contribution in [0.2, 0.25) is 0 Å². The molecular formula is C33H27NO4. The first-order valence-electron chi connectivity index (χ1n) is 12.7. The molecule has 6 rings (SSSR count). The van der Waals surface area contributed by atoms with Crippen LogP contribution in [0.25, 0.3) is 11.0 Å². The summed E-state index contributed by atoms with van der Waals surface area (Å²) in [7, 11) is 0. The van der Waals surface area contributed by atoms with E-state index in [1.807, 2.05) is 111 Å². The molecule has 188 valence electrons. The van der Waals surface area contributed by atoms with Crippen LogP contribution in [-0.2, 0) is 13.2 Å². The second-order valence-corrected chi connectivity index (χ2v) is 9.80. The highest BCUT2D eigenvalue weighted by Crippen LogP contribution is 2.40. The Bertz CT molecular complexity index is 1710. The second-order valence-electron chi connectivity index (χ2n) is 9.80. The van der Waals surface area contributed by atoms with Gasteiger partial charge >= 0.3 is 0 Å². The molecular weight excluding hydrogens is 474 g/mol. The zero-order valence-electron chi connectivity index (χ0n) is 21.3. The van der Waals surface area contributed by atoms with Crippen LogP contribution in [0.15, 0.2) is 106 Å². The quantitative estimate of drug-likeness (QED) is 0.259. The number of fused-ring (bicyclic) bond motifs is 2. The summed E-state index contributed by atoms with van der Waals surface area (Å²) in [4.78, 5) is 29.5. The minimum Gasteiger partial charge on any atom is -0.489 e. The molecule has 38 heavy (non-hydrogen) atoms. The lowest BCUT2D eigenvalue weighted by molar-refractivity contribution is 0.0714. The molecule has 0 fully saturated rings. The summed E-state index contributed by atoms with van der Waals surface area (Å²) in [5.41, 5.74) is 5.31. The summed E-state index contributed by atoms with van der Waals surface area (Å²) in [6.07, 6.45) is 0. The molecule has 0 bridgehead atoms. The number of ether oxygens (including phenoxy) is 1. The van der Waals surface area contributed by atoms with Crippen molar-refractivity contribution < 1.29 is 13.9 Å². The molecule has 0 spiro atoms. The fourth-order valence-corrected chi connectivity index (χ4v) is 5.32. The Morgan fingerprint density at radius 3 is 2.26 bits per heavy atom. The van der Waals surface area contributed by atoms with Crippen molar-refractivity contribution in [2.45, 2.75) is 33.0 Å². The van der Waals surface area contributed by atoms with Gasteiger partial charge in [-0.25, -0.2) is 0 Å². The topological polar surface area (TPSA) is 59.8 Å². The lowest BCUT2D eigenvalue weighted by Crippen LogP contribution is -2.29. The predicted octanol–water partition coefficient (Wildman–Crippen LogP) is 6.73. The van der Waals surface area contributed by atoms with Crippen LogP contribution in [0.3, 0.4) is 0 Å². The van der Waals surface area contributed by atoms with E-state index in [9.17, 15) is 9.59 Å². The molecule has 2 heterocycles. The molecule has 1 aromatic heterocycles. The van der Waals surface area contributed by atoms with Gasteiger partial charge in [-0.1, -0.05) is 78.9 Å². The van der Waals surface area contributed by atoms with Gasteiger partial charge in [0.15, 0.2) is 5.43 Å². The number of carbonyl (C=O) groups is 1. The van der Waals surface area contributed by atoms with Gasteiger partial charge in [-0.15, -0.1) is 0 Å². The van der Waals surface area contributed by atoms with Gasteiger partial charge in [0.1, 0.15) is 17.9 Å². The Morgan fingerprint density at radius 1 is 0.816 bits per heavy atom. The van der Waals surface area contributed by atoms with E-state index in [-0.39, 0.29) is 17.1 Å². The molecule has 1 aliphatic rings. The highest BCUT2D eigenvalue weighted by Gasteiger charge is 2.43. The second kappa shape index (κ2) is 9.67. The number of hydrogen-bond acceptors (Lipinski definition) is 4. The highest BCUT2D eigenvalue weighted by molar-refractivity contribution is 5.99. The maximum absolute atomic E-state index is 14.0. The van der Waals surface area contributed by atoms with E-state index >= 15 is 0 Å². The van der Waals surface area contributed by atoms with Gasteiger partial charge in [-0.2, -0.15) is 0 Å². The largest absolute Gasteiger partial charge is 0.489 e. The normalized spacial score (nSPS) is 14.6. The fourth-order valence-electron chi connectivity index (χ4n) is 5.32. The van der Waals surface area contributed by atoms with Crippen LogP contribution in [0, 0.1) is 13.8 Å². The third-order valence-corrected chi connectivity index (χ3v) is 7.03. The zero-order chi connectivity index (χ0) is 26.2. The minimum atomic E-state index is -0.598. The maximum Gasteiger partial charge on any atom is 0.291 e. The van der Waals surface area contributed by atoms with E-state index < -0.39 is 6.04 Å². The summed E-state index contributed by atoms with van der Waals surface area (Å²) < 4.78 is 12.3. The van der Waals surface area contributed by atoms with E-state index in [0.717, 1.165) is 27.8 Å². The SMILES string of the molecule is Cc1cc(C)c2c(=O)c3c(oc2c1)C(=O)N(Cc1ccccc1)C3c1cccc(OCc2ccccc2)c1. The molecule has 1 unspecified atom stereocenters. The standard InChI is InChI=1S/C33H27NO4/c1-21-16-22(2)28-27(17-21)38-32-29(31(28)35)30(34(33(32)36)19-23-10-5-3-6-11-23)25-14-9-15-26(18-25)37-20-24-12-7-4-8-13-24/h3-18,30H,19-20H2,1-2H3. The number of aryl methyl sites for hydroxylation is 2. The summed E-state index contributed by atoms with van der Waals surface area (Å²) >= 11 is 0. The molecule has 0 radical (unpaired) electrons. The molecule has 5 nitrogen and oxygen atoms in total. The predicted molar refractivity (Wildman–Crippen MR) is 147 cm³/mol. The molecule has 5 aromatic rings. The maximum atomic E-state index is 14.0. The number of nitrogens with zero attached hydrogens (tertiary/aromatic N) is 1. The van der Waals surface area contributed by atoms with Crippen molar-refractivity contribution in [2.24, 2.45) is 0 Å². The molecule has 0 saturated heterocycles. The van der Waals surface area contributed by atoms with E-state index in [0.29, 0.717) is 35.4 Å². The lowest BCUT2D eigenvalue weighted by atomic mass is 9.96. The number of carbonyl (C=O) groups excluding carboxylic acids is 1. The van der Waals surface area contributed by atoms with Crippen molar-refractivity contribution >= 4 is 16.9 Å². The Labute approximate surface area is 220 Å².